The van der Waals surface area contributed by atoms with Crippen LogP contribution >= 0.6 is 11.6 Å². The molecular weight excluding hydrogens is 334 g/mol. The monoisotopic (exact) mass is 349 g/mol. The van der Waals surface area contributed by atoms with E-state index in [1.165, 1.54) is 26.3 Å². The van der Waals surface area contributed by atoms with Gasteiger partial charge in [0.1, 0.15) is 5.69 Å². The van der Waals surface area contributed by atoms with Gasteiger partial charge in [-0.15, -0.1) is 0 Å². The zero-order valence-corrected chi connectivity index (χ0v) is 13.9. The van der Waals surface area contributed by atoms with Crippen molar-refractivity contribution in [1.82, 2.24) is 15.1 Å². The molecule has 1 N–H and O–H groups in total. The Bertz CT molecular complexity index is 802. The first kappa shape index (κ1) is 17.7. The number of methoxy groups -OCH3 is 1. The molecule has 1 aromatic heterocycles. The number of rotatable bonds is 5. The van der Waals surface area contributed by atoms with E-state index >= 15 is 0 Å². The van der Waals surface area contributed by atoms with Crippen LogP contribution in [-0.4, -0.2) is 28.8 Å². The molecule has 24 heavy (non-hydrogen) atoms. The fraction of sp³-hybridized carbons (Fsp3) is 0.250. The molecule has 0 saturated carbocycles. The summed E-state index contributed by atoms with van der Waals surface area (Å²) in [5.74, 6) is -0.974. The first-order chi connectivity index (χ1) is 11.4. The lowest BCUT2D eigenvalue weighted by atomic mass is 10.0. The van der Waals surface area contributed by atoms with Gasteiger partial charge in [-0.05, 0) is 23.8 Å². The molecule has 0 aliphatic heterocycles. The number of hydrogen-bond acceptors (Lipinski definition) is 5. The van der Waals surface area contributed by atoms with Gasteiger partial charge in [0, 0.05) is 18.1 Å². The highest BCUT2D eigenvalue weighted by atomic mass is 35.5. The van der Waals surface area contributed by atoms with Gasteiger partial charge >= 0.3 is 5.97 Å². The number of carbonyl (C=O) groups excluding carboxylic acids is 2. The Labute approximate surface area is 143 Å². The van der Waals surface area contributed by atoms with E-state index in [0.29, 0.717) is 10.6 Å². The van der Waals surface area contributed by atoms with E-state index in [4.69, 9.17) is 11.6 Å². The Morgan fingerprint density at radius 1 is 1.25 bits per heavy atom. The molecule has 2 rings (SSSR count). The van der Waals surface area contributed by atoms with Gasteiger partial charge in [0.15, 0.2) is 0 Å². The van der Waals surface area contributed by atoms with Gasteiger partial charge in [0.2, 0.25) is 0 Å². The molecule has 1 atom stereocenters. The standard InChI is InChI=1S/C16H16ClN3O4/c1-20-14(21)8-7-12(19-20)16(23)18-13(9-15(22)24-2)10-3-5-11(17)6-4-10/h3-8,13H,9H2,1-2H3,(H,18,23)/t13-/m1/s1. The second-order valence-electron chi connectivity index (χ2n) is 5.04. The lowest BCUT2D eigenvalue weighted by molar-refractivity contribution is -0.141. The van der Waals surface area contributed by atoms with Crippen LogP contribution in [0.25, 0.3) is 0 Å². The van der Waals surface area contributed by atoms with Crippen LogP contribution in [0, 0.1) is 0 Å². The van der Waals surface area contributed by atoms with Crippen LogP contribution in [0.15, 0.2) is 41.2 Å². The first-order valence-corrected chi connectivity index (χ1v) is 7.46. The first-order valence-electron chi connectivity index (χ1n) is 7.08. The normalized spacial score (nSPS) is 11.6. The number of hydrogen-bond donors (Lipinski definition) is 1. The molecule has 0 bridgehead atoms. The molecule has 1 aromatic carbocycles. The highest BCUT2D eigenvalue weighted by Crippen LogP contribution is 2.20. The smallest absolute Gasteiger partial charge is 0.307 e. The Hall–Kier alpha value is -2.67. The summed E-state index contributed by atoms with van der Waals surface area (Å²) in [7, 11) is 2.72. The Morgan fingerprint density at radius 3 is 2.50 bits per heavy atom. The van der Waals surface area contributed by atoms with E-state index in [-0.39, 0.29) is 17.7 Å². The van der Waals surface area contributed by atoms with Crippen molar-refractivity contribution < 1.29 is 14.3 Å². The summed E-state index contributed by atoms with van der Waals surface area (Å²) >= 11 is 5.86. The number of nitrogens with zero attached hydrogens (tertiary/aromatic N) is 2. The van der Waals surface area contributed by atoms with Crippen LogP contribution in [-0.2, 0) is 16.6 Å². The van der Waals surface area contributed by atoms with E-state index in [1.807, 2.05) is 0 Å². The molecule has 0 saturated heterocycles. The van der Waals surface area contributed by atoms with Gasteiger partial charge in [-0.2, -0.15) is 5.10 Å². The predicted octanol–water partition coefficient (Wildman–Crippen LogP) is 1.47. The maximum atomic E-state index is 12.4. The number of ether oxygens (including phenoxy) is 1. The van der Waals surface area contributed by atoms with Gasteiger partial charge in [-0.25, -0.2) is 4.68 Å². The van der Waals surface area contributed by atoms with Gasteiger partial charge in [0.05, 0.1) is 19.6 Å². The molecule has 8 heteroatoms. The van der Waals surface area contributed by atoms with E-state index in [9.17, 15) is 14.4 Å². The molecule has 0 fully saturated rings. The van der Waals surface area contributed by atoms with Gasteiger partial charge in [-0.1, -0.05) is 23.7 Å². The fourth-order valence-corrected chi connectivity index (χ4v) is 2.18. The average molecular weight is 350 g/mol. The minimum atomic E-state index is -0.610. The molecule has 0 radical (unpaired) electrons. The number of aromatic nitrogens is 2. The summed E-state index contributed by atoms with van der Waals surface area (Å²) < 4.78 is 5.73. The molecule has 0 aliphatic rings. The summed E-state index contributed by atoms with van der Waals surface area (Å²) in [5.41, 5.74) is 0.444. The van der Waals surface area contributed by atoms with E-state index in [2.05, 4.69) is 15.2 Å². The van der Waals surface area contributed by atoms with E-state index < -0.39 is 17.9 Å². The number of esters is 1. The molecule has 1 amide bonds. The van der Waals surface area contributed by atoms with Crippen molar-refractivity contribution in [2.45, 2.75) is 12.5 Å². The quantitative estimate of drug-likeness (QED) is 0.825. The number of nitrogens with one attached hydrogen (secondary N) is 1. The predicted molar refractivity (Wildman–Crippen MR) is 87.8 cm³/mol. The van der Waals surface area contributed by atoms with Crippen molar-refractivity contribution in [3.8, 4) is 0 Å². The molecule has 7 nitrogen and oxygen atoms in total. The van der Waals surface area contributed by atoms with E-state index in [0.717, 1.165) is 4.68 Å². The Balaban J connectivity index is 2.24. The summed E-state index contributed by atoms with van der Waals surface area (Å²) in [6, 6.07) is 8.72. The molecular formula is C16H16ClN3O4. The maximum Gasteiger partial charge on any atom is 0.307 e. The molecule has 0 spiro atoms. The summed E-state index contributed by atoms with van der Waals surface area (Å²) in [5, 5.41) is 7.15. The van der Waals surface area contributed by atoms with E-state index in [1.54, 1.807) is 24.3 Å². The van der Waals surface area contributed by atoms with Gasteiger partial charge in [-0.3, -0.25) is 14.4 Å². The fourth-order valence-electron chi connectivity index (χ4n) is 2.05. The molecule has 0 aliphatic carbocycles. The van der Waals surface area contributed by atoms with Crippen molar-refractivity contribution in [1.29, 1.82) is 0 Å². The van der Waals surface area contributed by atoms with Crippen molar-refractivity contribution in [2.24, 2.45) is 7.05 Å². The highest BCUT2D eigenvalue weighted by Gasteiger charge is 2.20. The third-order valence-corrected chi connectivity index (χ3v) is 3.62. The van der Waals surface area contributed by atoms with Crippen LogP contribution in [0.2, 0.25) is 5.02 Å². The third kappa shape index (κ3) is 4.42. The largest absolute Gasteiger partial charge is 0.469 e. The van der Waals surface area contributed by atoms with Crippen molar-refractivity contribution in [3.05, 3.63) is 63.0 Å². The lowest BCUT2D eigenvalue weighted by Crippen LogP contribution is -2.32. The SMILES string of the molecule is COC(=O)C[C@@H](NC(=O)c1ccc(=O)n(C)n1)c1ccc(Cl)cc1. The zero-order chi connectivity index (χ0) is 17.7. The molecule has 2 aromatic rings. The van der Waals surface area contributed by atoms with Crippen LogP contribution in [0.4, 0.5) is 0 Å². The lowest BCUT2D eigenvalue weighted by Gasteiger charge is -2.18. The maximum absolute atomic E-state index is 12.4. The summed E-state index contributed by atoms with van der Waals surface area (Å²) in [6.07, 6.45) is -0.0460. The number of aryl methyl sites for hydroxylation is 1. The van der Waals surface area contributed by atoms with Crippen molar-refractivity contribution in [3.63, 3.8) is 0 Å². The van der Waals surface area contributed by atoms with Crippen LogP contribution in [0.5, 0.6) is 0 Å². The number of benzene rings is 1. The molecule has 1 heterocycles. The topological polar surface area (TPSA) is 90.3 Å². The van der Waals surface area contributed by atoms with Gasteiger partial charge in [0.25, 0.3) is 11.5 Å². The number of amides is 1. The number of carbonyl (C=O) groups is 2. The zero-order valence-electron chi connectivity index (χ0n) is 13.2. The van der Waals surface area contributed by atoms with Crippen molar-refractivity contribution in [2.75, 3.05) is 7.11 Å². The summed E-state index contributed by atoms with van der Waals surface area (Å²) in [6.45, 7) is 0. The molecule has 0 unspecified atom stereocenters. The van der Waals surface area contributed by atoms with Crippen LogP contribution in [0.1, 0.15) is 28.5 Å². The number of halogens is 1. The minimum Gasteiger partial charge on any atom is -0.469 e. The minimum absolute atomic E-state index is 0.0460. The van der Waals surface area contributed by atoms with Gasteiger partial charge < -0.3 is 10.1 Å². The second kappa shape index (κ2) is 7.74. The van der Waals surface area contributed by atoms with Crippen LogP contribution < -0.4 is 10.9 Å². The summed E-state index contributed by atoms with van der Waals surface area (Å²) in [4.78, 5) is 35.3. The average Bonchev–Trinajstić information content (AvgIpc) is 2.57. The Kier molecular flexibility index (Phi) is 5.70. The van der Waals surface area contributed by atoms with Crippen molar-refractivity contribution >= 4 is 23.5 Å². The second-order valence-corrected chi connectivity index (χ2v) is 5.47. The highest BCUT2D eigenvalue weighted by molar-refractivity contribution is 6.30. The van der Waals surface area contributed by atoms with Crippen LogP contribution in [0.3, 0.4) is 0 Å². The third-order valence-electron chi connectivity index (χ3n) is 3.37. The molecule has 126 valence electrons. The Morgan fingerprint density at radius 2 is 1.92 bits per heavy atom.